The zero-order valence-electron chi connectivity index (χ0n) is 5.85. The van der Waals surface area contributed by atoms with Crippen LogP contribution in [0.3, 0.4) is 0 Å². The van der Waals surface area contributed by atoms with Gasteiger partial charge in [0.2, 0.25) is 0 Å². The molecule has 0 fully saturated rings. The van der Waals surface area contributed by atoms with Crippen molar-refractivity contribution in [2.75, 3.05) is 0 Å². The number of hydrogen-bond donors (Lipinski definition) is 0. The van der Waals surface area contributed by atoms with E-state index in [0.717, 1.165) is 0 Å². The van der Waals surface area contributed by atoms with Crippen LogP contribution in [0.1, 0.15) is 0 Å². The molecule has 0 atom stereocenters. The van der Waals surface area contributed by atoms with E-state index in [0.29, 0.717) is 0 Å². The molecule has 0 amide bonds. The Morgan fingerprint density at radius 2 is 1.85 bits per heavy atom. The van der Waals surface area contributed by atoms with Gasteiger partial charge in [0.15, 0.2) is 0 Å². The topological polar surface area (TPSA) is 43.1 Å². The maximum Gasteiger partial charge on any atom is 0.304 e. The Morgan fingerprint density at radius 3 is 2.31 bits per heavy atom. The van der Waals surface area contributed by atoms with E-state index >= 15 is 0 Å². The minimum Gasteiger partial charge on any atom is -0.258 e. The van der Waals surface area contributed by atoms with Crippen molar-refractivity contribution >= 4 is 56.4 Å². The Kier molecular flexibility index (Phi) is 3.40. The Labute approximate surface area is 96.9 Å². The van der Waals surface area contributed by atoms with E-state index in [9.17, 15) is 10.1 Å². The van der Waals surface area contributed by atoms with Gasteiger partial charge < -0.3 is 0 Å². The second-order valence-corrected chi connectivity index (χ2v) is 4.06. The van der Waals surface area contributed by atoms with E-state index in [4.69, 9.17) is 34.8 Å². The molecule has 7 heteroatoms. The summed E-state index contributed by atoms with van der Waals surface area (Å²) in [4.78, 5) is 9.87. The first-order chi connectivity index (χ1) is 5.95. The van der Waals surface area contributed by atoms with Crippen molar-refractivity contribution in [3.8, 4) is 0 Å². The van der Waals surface area contributed by atoms with Gasteiger partial charge in [-0.25, -0.2) is 0 Å². The van der Waals surface area contributed by atoms with Crippen LogP contribution >= 0.6 is 50.7 Å². The van der Waals surface area contributed by atoms with Gasteiger partial charge in [0.05, 0.1) is 15.0 Å². The van der Waals surface area contributed by atoms with Gasteiger partial charge in [-0.2, -0.15) is 0 Å². The van der Waals surface area contributed by atoms with Gasteiger partial charge in [-0.1, -0.05) is 34.8 Å². The molecule has 0 radical (unpaired) electrons. The van der Waals surface area contributed by atoms with Gasteiger partial charge in [-0.05, 0) is 22.0 Å². The van der Waals surface area contributed by atoms with Crippen molar-refractivity contribution in [3.63, 3.8) is 0 Å². The highest BCUT2D eigenvalue weighted by Gasteiger charge is 2.22. The lowest BCUT2D eigenvalue weighted by Crippen LogP contribution is -1.91. The van der Waals surface area contributed by atoms with Crippen LogP contribution in [0.15, 0.2) is 10.5 Å². The fraction of sp³-hybridized carbons (Fsp3) is 0. The lowest BCUT2D eigenvalue weighted by Gasteiger charge is -2.01. The standard InChI is InChI=1S/C6HBrCl3NO2/c7-4-2(8)1-3(9)5(10)6(4)11(12)13/h1H. The molecule has 0 aromatic heterocycles. The third kappa shape index (κ3) is 2.07. The molecule has 13 heavy (non-hydrogen) atoms. The molecule has 1 rings (SSSR count). The average Bonchev–Trinajstić information content (AvgIpc) is 2.01. The minimum absolute atomic E-state index is 0.0570. The molecule has 0 saturated carbocycles. The number of nitro groups is 1. The van der Waals surface area contributed by atoms with Crippen LogP contribution in [-0.2, 0) is 0 Å². The molecule has 3 nitrogen and oxygen atoms in total. The van der Waals surface area contributed by atoms with Crippen molar-refractivity contribution in [1.82, 2.24) is 0 Å². The van der Waals surface area contributed by atoms with E-state index in [-0.39, 0.29) is 25.2 Å². The number of rotatable bonds is 1. The molecule has 0 aliphatic carbocycles. The van der Waals surface area contributed by atoms with Crippen molar-refractivity contribution in [3.05, 3.63) is 35.7 Å². The van der Waals surface area contributed by atoms with Gasteiger partial charge in [-0.3, -0.25) is 10.1 Å². The third-order valence-corrected chi connectivity index (χ3v) is 3.38. The summed E-state index contributed by atoms with van der Waals surface area (Å²) in [6.07, 6.45) is 0. The first-order valence-corrected chi connectivity index (χ1v) is 4.85. The number of hydrogen-bond acceptors (Lipinski definition) is 2. The summed E-state index contributed by atoms with van der Waals surface area (Å²) >= 11 is 19.8. The average molecular weight is 305 g/mol. The van der Waals surface area contributed by atoms with Crippen LogP contribution in [0.25, 0.3) is 0 Å². The molecule has 0 aliphatic rings. The Hall–Kier alpha value is -0.0300. The lowest BCUT2D eigenvalue weighted by atomic mass is 10.3. The first kappa shape index (κ1) is 11.0. The van der Waals surface area contributed by atoms with Crippen LogP contribution in [0.4, 0.5) is 5.69 Å². The first-order valence-electron chi connectivity index (χ1n) is 2.92. The number of nitrogens with zero attached hydrogens (tertiary/aromatic N) is 1. The fourth-order valence-electron chi connectivity index (χ4n) is 0.721. The quantitative estimate of drug-likeness (QED) is 0.440. The predicted molar refractivity (Wildman–Crippen MR) is 55.8 cm³/mol. The van der Waals surface area contributed by atoms with Gasteiger partial charge in [0, 0.05) is 0 Å². The maximum absolute atomic E-state index is 10.5. The van der Waals surface area contributed by atoms with E-state index in [1.165, 1.54) is 6.07 Å². The van der Waals surface area contributed by atoms with Crippen LogP contribution in [0.5, 0.6) is 0 Å². The van der Waals surface area contributed by atoms with Crippen LogP contribution in [0.2, 0.25) is 15.1 Å². The Bertz CT molecular complexity index is 356. The maximum atomic E-state index is 10.5. The molecular weight excluding hydrogens is 304 g/mol. The molecule has 0 saturated heterocycles. The summed E-state index contributed by atoms with van der Waals surface area (Å²) in [6, 6.07) is 1.34. The van der Waals surface area contributed by atoms with E-state index in [1.54, 1.807) is 0 Å². The second-order valence-electron chi connectivity index (χ2n) is 2.07. The predicted octanol–water partition coefficient (Wildman–Crippen LogP) is 4.32. The fourth-order valence-corrected chi connectivity index (χ4v) is 1.96. The molecule has 1 aromatic rings. The van der Waals surface area contributed by atoms with E-state index in [2.05, 4.69) is 15.9 Å². The Balaban J connectivity index is 3.56. The van der Waals surface area contributed by atoms with Crippen LogP contribution in [-0.4, -0.2) is 4.92 Å². The summed E-state index contributed by atoms with van der Waals surface area (Å²) < 4.78 is 0.133. The summed E-state index contributed by atoms with van der Waals surface area (Å²) in [7, 11) is 0. The van der Waals surface area contributed by atoms with Crippen molar-refractivity contribution < 1.29 is 4.92 Å². The highest BCUT2D eigenvalue weighted by molar-refractivity contribution is 9.10. The zero-order valence-corrected chi connectivity index (χ0v) is 9.71. The highest BCUT2D eigenvalue weighted by Crippen LogP contribution is 2.42. The van der Waals surface area contributed by atoms with E-state index in [1.807, 2.05) is 0 Å². The Morgan fingerprint density at radius 1 is 1.31 bits per heavy atom. The number of benzene rings is 1. The monoisotopic (exact) mass is 303 g/mol. The van der Waals surface area contributed by atoms with Crippen LogP contribution < -0.4 is 0 Å². The SMILES string of the molecule is O=[N+]([O-])c1c(Cl)c(Cl)cc(Cl)c1Br. The zero-order chi connectivity index (χ0) is 10.2. The smallest absolute Gasteiger partial charge is 0.258 e. The van der Waals surface area contributed by atoms with Crippen LogP contribution in [0, 0.1) is 10.1 Å². The molecule has 0 spiro atoms. The lowest BCUT2D eigenvalue weighted by molar-refractivity contribution is -0.385. The minimum atomic E-state index is -0.649. The summed E-state index contributed by atoms with van der Waals surface area (Å²) in [5.74, 6) is 0. The third-order valence-electron chi connectivity index (χ3n) is 1.27. The molecule has 0 N–H and O–H groups in total. The second kappa shape index (κ2) is 4.00. The van der Waals surface area contributed by atoms with E-state index < -0.39 is 4.92 Å². The summed E-state index contributed by atoms with van der Waals surface area (Å²) in [6.45, 7) is 0. The van der Waals surface area contributed by atoms with Gasteiger partial charge in [0.25, 0.3) is 0 Å². The molecular formula is C6HBrCl3NO2. The highest BCUT2D eigenvalue weighted by atomic mass is 79.9. The largest absolute Gasteiger partial charge is 0.304 e. The van der Waals surface area contributed by atoms with Gasteiger partial charge >= 0.3 is 5.69 Å². The van der Waals surface area contributed by atoms with Gasteiger partial charge in [-0.15, -0.1) is 0 Å². The molecule has 0 unspecified atom stereocenters. The number of nitro benzene ring substituents is 1. The summed E-state index contributed by atoms with van der Waals surface area (Å²) in [5.41, 5.74) is -0.320. The summed E-state index contributed by atoms with van der Waals surface area (Å²) in [5, 5.41) is 10.6. The van der Waals surface area contributed by atoms with Gasteiger partial charge in [0.1, 0.15) is 9.50 Å². The molecule has 0 heterocycles. The normalized spacial score (nSPS) is 10.2. The van der Waals surface area contributed by atoms with Crippen molar-refractivity contribution in [2.24, 2.45) is 0 Å². The van der Waals surface area contributed by atoms with Crippen molar-refractivity contribution in [1.29, 1.82) is 0 Å². The van der Waals surface area contributed by atoms with Crippen molar-refractivity contribution in [2.45, 2.75) is 0 Å². The number of halogens is 4. The molecule has 0 bridgehead atoms. The molecule has 0 aliphatic heterocycles. The molecule has 70 valence electrons. The molecule has 1 aromatic carbocycles.